The Morgan fingerprint density at radius 3 is 2.39 bits per heavy atom. The number of hydrogen-bond donors (Lipinski definition) is 1. The molecule has 2 unspecified atom stereocenters. The molecule has 2 saturated heterocycles. The first kappa shape index (κ1) is 22.8. The van der Waals surface area contributed by atoms with Crippen molar-refractivity contribution in [2.75, 3.05) is 26.7 Å². The summed E-state index contributed by atoms with van der Waals surface area (Å²) in [6.45, 7) is 3.40. The van der Waals surface area contributed by atoms with Crippen molar-refractivity contribution in [1.29, 1.82) is 0 Å². The highest BCUT2D eigenvalue weighted by Crippen LogP contribution is 2.27. The number of carbonyl (C=O) groups excluding carboxylic acids is 2. The number of ketones is 1. The molecule has 0 saturated carbocycles. The van der Waals surface area contributed by atoms with Crippen molar-refractivity contribution in [2.24, 2.45) is 0 Å². The summed E-state index contributed by atoms with van der Waals surface area (Å²) in [6, 6.07) is 5.39. The fourth-order valence-electron chi connectivity index (χ4n) is 3.82. The fourth-order valence-corrected chi connectivity index (χ4v) is 5.47. The smallest absolute Gasteiger partial charge is 0.243 e. The van der Waals surface area contributed by atoms with Crippen LogP contribution in [0.3, 0.4) is 0 Å². The number of halogens is 1. The highest BCUT2D eigenvalue weighted by atomic mass is 35.5. The maximum atomic E-state index is 13.2. The minimum atomic E-state index is -3.80. The number of likely N-dealkylation sites (N-methyl/N-ethyl adjacent to an activating group) is 1. The van der Waals surface area contributed by atoms with Crippen LogP contribution in [0.15, 0.2) is 29.2 Å². The number of benzene rings is 1. The Morgan fingerprint density at radius 1 is 1.14 bits per heavy atom. The van der Waals surface area contributed by atoms with E-state index in [0.29, 0.717) is 18.5 Å². The molecule has 0 aliphatic carbocycles. The Bertz CT molecular complexity index is 807. The Labute approximate surface area is 172 Å². The van der Waals surface area contributed by atoms with E-state index < -0.39 is 16.1 Å². The largest absolute Gasteiger partial charge is 0.340 e. The number of carbonyl (C=O) groups is 2. The first-order valence-corrected chi connectivity index (χ1v) is 10.9. The molecule has 2 aliphatic rings. The maximum absolute atomic E-state index is 13.2. The molecule has 2 aliphatic heterocycles. The van der Waals surface area contributed by atoms with Gasteiger partial charge in [-0.25, -0.2) is 8.42 Å². The number of hydrogen-bond acceptors (Lipinski definition) is 5. The Kier molecular flexibility index (Phi) is 7.61. The molecule has 1 amide bonds. The van der Waals surface area contributed by atoms with Gasteiger partial charge in [-0.3, -0.25) is 9.59 Å². The van der Waals surface area contributed by atoms with Crippen molar-refractivity contribution in [2.45, 2.75) is 49.6 Å². The lowest BCUT2D eigenvalue weighted by Gasteiger charge is -2.37. The van der Waals surface area contributed by atoms with Gasteiger partial charge >= 0.3 is 0 Å². The summed E-state index contributed by atoms with van der Waals surface area (Å²) in [5.74, 6) is -0.246. The van der Waals surface area contributed by atoms with Crippen LogP contribution in [0.5, 0.6) is 0 Å². The first-order chi connectivity index (χ1) is 12.8. The molecule has 9 heteroatoms. The molecule has 28 heavy (non-hydrogen) atoms. The number of Topliss-reactive ketones (excluding diaryl/α,β-unsaturated/α-hetero) is 1. The molecule has 1 N–H and O–H groups in total. The van der Waals surface area contributed by atoms with Gasteiger partial charge in [-0.15, -0.1) is 12.4 Å². The van der Waals surface area contributed by atoms with Gasteiger partial charge in [0.1, 0.15) is 6.04 Å². The molecule has 1 aromatic carbocycles. The number of piperidine rings is 1. The topological polar surface area (TPSA) is 86.8 Å². The quantitative estimate of drug-likeness (QED) is 0.719. The zero-order valence-corrected chi connectivity index (χ0v) is 17.9. The van der Waals surface area contributed by atoms with E-state index in [1.165, 1.54) is 35.5 Å². The first-order valence-electron chi connectivity index (χ1n) is 9.42. The third-order valence-corrected chi connectivity index (χ3v) is 7.46. The molecule has 0 bridgehead atoms. The average Bonchev–Trinajstić information content (AvgIpc) is 3.21. The third kappa shape index (κ3) is 4.56. The van der Waals surface area contributed by atoms with Crippen LogP contribution in [0.4, 0.5) is 0 Å². The standard InChI is InChI=1S/C19H27N3O4S.ClH/c1-14(23)15-6-8-17(9-7-15)27(25,26)22-12-4-3-5-18(22)19(24)21(2)16-10-11-20-13-16;/h6-9,16,18,20H,3-5,10-13H2,1-2H3;1H. The molecule has 1 aromatic rings. The van der Waals surface area contributed by atoms with Crippen LogP contribution in [-0.4, -0.2) is 68.1 Å². The molecule has 0 spiro atoms. The van der Waals surface area contributed by atoms with Crippen molar-refractivity contribution >= 4 is 34.1 Å². The molecule has 156 valence electrons. The second kappa shape index (κ2) is 9.35. The number of nitrogens with one attached hydrogen (secondary N) is 1. The highest BCUT2D eigenvalue weighted by molar-refractivity contribution is 7.89. The molecule has 3 rings (SSSR count). The summed E-state index contributed by atoms with van der Waals surface area (Å²) in [4.78, 5) is 26.3. The van der Waals surface area contributed by atoms with Gasteiger partial charge in [-0.1, -0.05) is 18.6 Å². The molecule has 0 radical (unpaired) electrons. The van der Waals surface area contributed by atoms with Gasteiger partial charge in [0.15, 0.2) is 5.78 Å². The lowest BCUT2D eigenvalue weighted by atomic mass is 10.0. The molecule has 7 nitrogen and oxygen atoms in total. The molecule has 2 heterocycles. The van der Waals surface area contributed by atoms with Gasteiger partial charge < -0.3 is 10.2 Å². The van der Waals surface area contributed by atoms with E-state index in [9.17, 15) is 18.0 Å². The second-order valence-electron chi connectivity index (χ2n) is 7.30. The van der Waals surface area contributed by atoms with Gasteiger partial charge in [-0.05, 0) is 44.9 Å². The second-order valence-corrected chi connectivity index (χ2v) is 9.19. The normalized spacial score (nSPS) is 23.1. The number of amides is 1. The summed E-state index contributed by atoms with van der Waals surface area (Å²) in [5.41, 5.74) is 0.466. The van der Waals surface area contributed by atoms with Crippen LogP contribution < -0.4 is 5.32 Å². The van der Waals surface area contributed by atoms with E-state index in [-0.39, 0.29) is 35.0 Å². The average molecular weight is 430 g/mol. The lowest BCUT2D eigenvalue weighted by molar-refractivity contribution is -0.136. The lowest BCUT2D eigenvalue weighted by Crippen LogP contribution is -2.54. The number of nitrogens with zero attached hydrogens (tertiary/aromatic N) is 2. The predicted octanol–water partition coefficient (Wildman–Crippen LogP) is 1.67. The van der Waals surface area contributed by atoms with Crippen LogP contribution in [-0.2, 0) is 14.8 Å². The minimum absolute atomic E-state index is 0. The molecular weight excluding hydrogens is 402 g/mol. The van der Waals surface area contributed by atoms with Crippen LogP contribution in [0.25, 0.3) is 0 Å². The van der Waals surface area contributed by atoms with Crippen molar-refractivity contribution in [3.05, 3.63) is 29.8 Å². The molecule has 2 atom stereocenters. The highest BCUT2D eigenvalue weighted by Gasteiger charge is 2.40. The maximum Gasteiger partial charge on any atom is 0.243 e. The van der Waals surface area contributed by atoms with E-state index in [2.05, 4.69) is 5.32 Å². The Morgan fingerprint density at radius 2 is 1.82 bits per heavy atom. The SMILES string of the molecule is CC(=O)c1ccc(S(=O)(=O)N2CCCCC2C(=O)N(C)C2CCNC2)cc1.Cl. The van der Waals surface area contributed by atoms with Crippen molar-refractivity contribution in [1.82, 2.24) is 14.5 Å². The number of sulfonamides is 1. The Hall–Kier alpha value is -1.48. The van der Waals surface area contributed by atoms with Gasteiger partial charge in [0.05, 0.1) is 4.90 Å². The van der Waals surface area contributed by atoms with Crippen molar-refractivity contribution in [3.8, 4) is 0 Å². The van der Waals surface area contributed by atoms with Gasteiger partial charge in [0.2, 0.25) is 15.9 Å². The molecular formula is C19H28ClN3O4S. The zero-order chi connectivity index (χ0) is 19.6. The van der Waals surface area contributed by atoms with E-state index in [1.54, 1.807) is 11.9 Å². The number of rotatable bonds is 5. The van der Waals surface area contributed by atoms with Gasteiger partial charge in [-0.2, -0.15) is 4.31 Å². The van der Waals surface area contributed by atoms with Crippen LogP contribution in [0, 0.1) is 0 Å². The summed E-state index contributed by atoms with van der Waals surface area (Å²) < 4.78 is 27.7. The van der Waals surface area contributed by atoms with Gasteiger partial charge in [0.25, 0.3) is 0 Å². The van der Waals surface area contributed by atoms with Crippen LogP contribution in [0.1, 0.15) is 43.0 Å². The minimum Gasteiger partial charge on any atom is -0.340 e. The van der Waals surface area contributed by atoms with Crippen LogP contribution >= 0.6 is 12.4 Å². The fraction of sp³-hybridized carbons (Fsp3) is 0.579. The van der Waals surface area contributed by atoms with Crippen molar-refractivity contribution in [3.63, 3.8) is 0 Å². The molecule has 2 fully saturated rings. The van der Waals surface area contributed by atoms with E-state index in [4.69, 9.17) is 0 Å². The van der Waals surface area contributed by atoms with Crippen molar-refractivity contribution < 1.29 is 18.0 Å². The third-order valence-electron chi connectivity index (χ3n) is 5.54. The summed E-state index contributed by atoms with van der Waals surface area (Å²) in [7, 11) is -2.03. The Balaban J connectivity index is 0.00000280. The monoisotopic (exact) mass is 429 g/mol. The summed E-state index contributed by atoms with van der Waals surface area (Å²) in [5, 5.41) is 3.24. The van der Waals surface area contributed by atoms with E-state index in [1.807, 2.05) is 0 Å². The summed E-state index contributed by atoms with van der Waals surface area (Å²) >= 11 is 0. The van der Waals surface area contributed by atoms with E-state index >= 15 is 0 Å². The van der Waals surface area contributed by atoms with E-state index in [0.717, 1.165) is 32.4 Å². The van der Waals surface area contributed by atoms with Crippen LogP contribution in [0.2, 0.25) is 0 Å². The summed E-state index contributed by atoms with van der Waals surface area (Å²) in [6.07, 6.45) is 2.99. The zero-order valence-electron chi connectivity index (χ0n) is 16.3. The molecule has 0 aromatic heterocycles. The van der Waals surface area contributed by atoms with Gasteiger partial charge in [0, 0.05) is 31.7 Å². The predicted molar refractivity (Wildman–Crippen MR) is 109 cm³/mol.